The summed E-state index contributed by atoms with van der Waals surface area (Å²) >= 11 is 0. The molecule has 4 rings (SSSR count). The Labute approximate surface area is 173 Å². The summed E-state index contributed by atoms with van der Waals surface area (Å²) in [6.07, 6.45) is 4.69. The van der Waals surface area contributed by atoms with Crippen LogP contribution in [0.3, 0.4) is 0 Å². The SMILES string of the molecule is COc1nc(C(C)(F)F)ccc1-c1nnc(N[C@H](C)C(=O)N2CCC3(CC2)CC3)o1. The number of piperidine rings is 1. The average Bonchev–Trinajstić information content (AvgIpc) is 3.31. The summed E-state index contributed by atoms with van der Waals surface area (Å²) in [5, 5.41) is 10.8. The van der Waals surface area contributed by atoms with E-state index >= 15 is 0 Å². The summed E-state index contributed by atoms with van der Waals surface area (Å²) in [5.41, 5.74) is 0.365. The minimum Gasteiger partial charge on any atom is -0.480 e. The summed E-state index contributed by atoms with van der Waals surface area (Å²) in [6, 6.07) is 2.11. The van der Waals surface area contributed by atoms with Crippen molar-refractivity contribution in [1.82, 2.24) is 20.1 Å². The number of alkyl halides is 2. The second-order valence-corrected chi connectivity index (χ2v) is 8.25. The molecule has 2 aromatic heterocycles. The summed E-state index contributed by atoms with van der Waals surface area (Å²) in [5.74, 6) is -3.10. The Morgan fingerprint density at radius 2 is 1.97 bits per heavy atom. The van der Waals surface area contributed by atoms with Crippen molar-refractivity contribution in [2.24, 2.45) is 5.41 Å². The van der Waals surface area contributed by atoms with Gasteiger partial charge in [-0.25, -0.2) is 4.98 Å². The molecule has 0 radical (unpaired) electrons. The standard InChI is InChI=1S/C20H25F2N5O3/c1-12(17(28)27-10-8-20(6-7-20)9-11-27)23-18-26-25-16(30-18)13-4-5-14(19(2,21)22)24-15(13)29-3/h4-5,12H,6-11H2,1-3H3,(H,23,26)/t12-/m1/s1. The van der Waals surface area contributed by atoms with Gasteiger partial charge < -0.3 is 19.4 Å². The van der Waals surface area contributed by atoms with E-state index in [0.717, 1.165) is 32.9 Å². The molecule has 1 atom stereocenters. The number of pyridine rings is 1. The van der Waals surface area contributed by atoms with E-state index in [9.17, 15) is 13.6 Å². The molecule has 2 aliphatic rings. The number of amides is 1. The Bertz CT molecular complexity index is 929. The van der Waals surface area contributed by atoms with E-state index in [1.165, 1.54) is 32.1 Å². The molecule has 1 saturated heterocycles. The van der Waals surface area contributed by atoms with Crippen LogP contribution in [0.2, 0.25) is 0 Å². The van der Waals surface area contributed by atoms with Crippen LogP contribution in [0.1, 0.15) is 45.2 Å². The van der Waals surface area contributed by atoms with Gasteiger partial charge in [-0.3, -0.25) is 4.79 Å². The average molecular weight is 421 g/mol. The van der Waals surface area contributed by atoms with E-state index < -0.39 is 17.7 Å². The van der Waals surface area contributed by atoms with Crippen LogP contribution in [-0.2, 0) is 10.7 Å². The Hall–Kier alpha value is -2.78. The molecular weight excluding hydrogens is 396 g/mol. The topological polar surface area (TPSA) is 93.4 Å². The highest BCUT2D eigenvalue weighted by Gasteiger charge is 2.45. The van der Waals surface area contributed by atoms with Crippen LogP contribution in [-0.4, -0.2) is 52.2 Å². The lowest BCUT2D eigenvalue weighted by atomic mass is 9.93. The van der Waals surface area contributed by atoms with Gasteiger partial charge in [0, 0.05) is 20.0 Å². The highest BCUT2D eigenvalue weighted by Crippen LogP contribution is 2.53. The molecule has 0 aromatic carbocycles. The number of carbonyl (C=O) groups is 1. The van der Waals surface area contributed by atoms with Crippen LogP contribution in [0.4, 0.5) is 14.8 Å². The molecule has 3 heterocycles. The van der Waals surface area contributed by atoms with Crippen LogP contribution in [0, 0.1) is 5.41 Å². The van der Waals surface area contributed by atoms with Crippen molar-refractivity contribution in [3.63, 3.8) is 0 Å². The van der Waals surface area contributed by atoms with Crippen molar-refractivity contribution in [1.29, 1.82) is 0 Å². The van der Waals surface area contributed by atoms with Crippen LogP contribution < -0.4 is 10.1 Å². The largest absolute Gasteiger partial charge is 0.480 e. The van der Waals surface area contributed by atoms with Crippen molar-refractivity contribution < 1.29 is 22.7 Å². The monoisotopic (exact) mass is 421 g/mol. The summed E-state index contributed by atoms with van der Waals surface area (Å²) in [4.78, 5) is 18.4. The fourth-order valence-corrected chi connectivity index (χ4v) is 3.79. The third-order valence-electron chi connectivity index (χ3n) is 5.96. The lowest BCUT2D eigenvalue weighted by molar-refractivity contribution is -0.133. The minimum atomic E-state index is -3.10. The van der Waals surface area contributed by atoms with Gasteiger partial charge >= 0.3 is 6.01 Å². The fraction of sp³-hybridized carbons (Fsp3) is 0.600. The van der Waals surface area contributed by atoms with Gasteiger partial charge in [-0.05, 0) is 50.2 Å². The van der Waals surface area contributed by atoms with Crippen LogP contribution >= 0.6 is 0 Å². The normalized spacial score (nSPS) is 18.9. The van der Waals surface area contributed by atoms with Crippen LogP contribution in [0.5, 0.6) is 5.88 Å². The maximum absolute atomic E-state index is 13.5. The molecule has 1 spiro atoms. The molecular formula is C20H25F2N5O3. The molecule has 1 N–H and O–H groups in total. The molecule has 1 saturated carbocycles. The second-order valence-electron chi connectivity index (χ2n) is 8.25. The minimum absolute atomic E-state index is 0.0148. The van der Waals surface area contributed by atoms with E-state index in [1.807, 2.05) is 4.90 Å². The van der Waals surface area contributed by atoms with E-state index in [1.54, 1.807) is 6.92 Å². The first kappa shape index (κ1) is 20.5. The van der Waals surface area contributed by atoms with E-state index in [2.05, 4.69) is 20.5 Å². The van der Waals surface area contributed by atoms with Crippen LogP contribution in [0.25, 0.3) is 11.5 Å². The summed E-state index contributed by atoms with van der Waals surface area (Å²) < 4.78 is 37.7. The summed E-state index contributed by atoms with van der Waals surface area (Å²) in [6.45, 7) is 4.05. The lowest BCUT2D eigenvalue weighted by Crippen LogP contribution is -2.45. The molecule has 162 valence electrons. The molecule has 1 aliphatic carbocycles. The number of likely N-dealkylation sites (tertiary alicyclic amines) is 1. The van der Waals surface area contributed by atoms with E-state index in [-0.39, 0.29) is 29.3 Å². The number of anilines is 1. The molecule has 2 fully saturated rings. The summed E-state index contributed by atoms with van der Waals surface area (Å²) in [7, 11) is 1.32. The van der Waals surface area contributed by atoms with Crippen molar-refractivity contribution >= 4 is 11.9 Å². The molecule has 1 aliphatic heterocycles. The Morgan fingerprint density at radius 1 is 1.27 bits per heavy atom. The fourth-order valence-electron chi connectivity index (χ4n) is 3.79. The number of nitrogens with zero attached hydrogens (tertiary/aromatic N) is 4. The van der Waals surface area contributed by atoms with Gasteiger partial charge in [0.05, 0.1) is 7.11 Å². The number of halogens is 2. The number of aromatic nitrogens is 3. The van der Waals surface area contributed by atoms with E-state index in [0.29, 0.717) is 5.41 Å². The van der Waals surface area contributed by atoms with Crippen molar-refractivity contribution in [3.8, 4) is 17.3 Å². The number of methoxy groups -OCH3 is 1. The first-order valence-corrected chi connectivity index (χ1v) is 10.0. The second kappa shape index (κ2) is 7.48. The van der Waals surface area contributed by atoms with E-state index in [4.69, 9.17) is 9.15 Å². The zero-order valence-electron chi connectivity index (χ0n) is 17.2. The molecule has 10 heteroatoms. The predicted octanol–water partition coefficient (Wildman–Crippen LogP) is 3.45. The Morgan fingerprint density at radius 3 is 2.57 bits per heavy atom. The maximum Gasteiger partial charge on any atom is 0.316 e. The van der Waals surface area contributed by atoms with Gasteiger partial charge in [-0.15, -0.1) is 5.10 Å². The van der Waals surface area contributed by atoms with Crippen LogP contribution in [0.15, 0.2) is 16.5 Å². The smallest absolute Gasteiger partial charge is 0.316 e. The van der Waals surface area contributed by atoms with Gasteiger partial charge in [-0.2, -0.15) is 8.78 Å². The maximum atomic E-state index is 13.5. The number of carbonyl (C=O) groups excluding carboxylic acids is 1. The molecule has 1 amide bonds. The highest BCUT2D eigenvalue weighted by molar-refractivity contribution is 5.83. The first-order chi connectivity index (χ1) is 14.2. The number of hydrogen-bond donors (Lipinski definition) is 1. The van der Waals surface area contributed by atoms with Gasteiger partial charge in [-0.1, -0.05) is 5.10 Å². The van der Waals surface area contributed by atoms with Crippen molar-refractivity contribution in [2.45, 2.75) is 51.5 Å². The zero-order chi connectivity index (χ0) is 21.5. The first-order valence-electron chi connectivity index (χ1n) is 10.0. The number of rotatable bonds is 6. The lowest BCUT2D eigenvalue weighted by Gasteiger charge is -2.33. The molecule has 2 aromatic rings. The van der Waals surface area contributed by atoms with Crippen molar-refractivity contribution in [2.75, 3.05) is 25.5 Å². The number of nitrogens with one attached hydrogen (secondary N) is 1. The third-order valence-corrected chi connectivity index (χ3v) is 5.96. The molecule has 30 heavy (non-hydrogen) atoms. The van der Waals surface area contributed by atoms with Gasteiger partial charge in [0.25, 0.3) is 11.8 Å². The Kier molecular flexibility index (Phi) is 5.11. The Balaban J connectivity index is 1.43. The molecule has 8 nitrogen and oxygen atoms in total. The highest BCUT2D eigenvalue weighted by atomic mass is 19.3. The van der Waals surface area contributed by atoms with Gasteiger partial charge in [0.15, 0.2) is 0 Å². The van der Waals surface area contributed by atoms with Crippen molar-refractivity contribution in [3.05, 3.63) is 17.8 Å². The number of ether oxygens (including phenoxy) is 1. The van der Waals surface area contributed by atoms with Gasteiger partial charge in [0.2, 0.25) is 11.8 Å². The predicted molar refractivity (Wildman–Crippen MR) is 104 cm³/mol. The zero-order valence-corrected chi connectivity index (χ0v) is 17.2. The third kappa shape index (κ3) is 4.08. The molecule has 0 unspecified atom stereocenters. The number of hydrogen-bond acceptors (Lipinski definition) is 7. The van der Waals surface area contributed by atoms with Gasteiger partial charge in [0.1, 0.15) is 17.3 Å². The molecule has 0 bridgehead atoms. The quantitative estimate of drug-likeness (QED) is 0.763.